The molecule has 5 unspecified atom stereocenters. The van der Waals surface area contributed by atoms with E-state index in [9.17, 15) is 19.7 Å². The van der Waals surface area contributed by atoms with E-state index in [1.807, 2.05) is 111 Å². The number of halogens is 1. The molecule has 2 N–H and O–H groups in total. The summed E-state index contributed by atoms with van der Waals surface area (Å²) in [6.07, 6.45) is 0.107. The molecule has 61 heavy (non-hydrogen) atoms. The number of carbonyl (C=O) groups is 1. The fraction of sp³-hybridized carbons (Fsp3) is 0.348. The molecular weight excluding hydrogens is 861 g/mol. The number of methoxy groups -OCH3 is 2. The van der Waals surface area contributed by atoms with Crippen molar-refractivity contribution < 1.29 is 33.2 Å². The van der Waals surface area contributed by atoms with Crippen molar-refractivity contribution in [3.63, 3.8) is 0 Å². The van der Waals surface area contributed by atoms with Crippen molar-refractivity contribution in [1.29, 1.82) is 5.26 Å². The summed E-state index contributed by atoms with van der Waals surface area (Å²) in [5.41, 5.74) is 0.993. The Labute approximate surface area is 366 Å². The van der Waals surface area contributed by atoms with Gasteiger partial charge in [-0.2, -0.15) is 10.2 Å². The maximum absolute atomic E-state index is 13.8. The fourth-order valence-corrected chi connectivity index (χ4v) is 9.39. The number of nitrogens with one attached hydrogen (secondary N) is 1. The van der Waals surface area contributed by atoms with Crippen molar-refractivity contribution in [2.45, 2.75) is 64.1 Å². The van der Waals surface area contributed by atoms with E-state index < -0.39 is 49.9 Å². The van der Waals surface area contributed by atoms with Crippen LogP contribution in [0.5, 0.6) is 11.5 Å². The third kappa shape index (κ3) is 10.4. The van der Waals surface area contributed by atoms with Crippen molar-refractivity contribution in [2.24, 2.45) is 11.8 Å². The highest BCUT2D eigenvalue weighted by atomic mass is 79.9. The van der Waals surface area contributed by atoms with Crippen molar-refractivity contribution in [2.75, 3.05) is 32.8 Å². The van der Waals surface area contributed by atoms with E-state index in [0.717, 1.165) is 16.7 Å². The van der Waals surface area contributed by atoms with Gasteiger partial charge in [0, 0.05) is 29.8 Å². The zero-order valence-corrected chi connectivity index (χ0v) is 37.5. The molecule has 1 aromatic heterocycles. The SMILES string of the molecule is COc1ccc(C(OCC2OC(n3cc(Br)c(NC(=O)c4ccccc4)nc3=O)CC2C(C#N)COP(O)N(C(C)C)C(C)C)(c2ccccc2)c2ccc(OC)cc2)cc1. The number of aromatic nitrogens is 2. The summed E-state index contributed by atoms with van der Waals surface area (Å²) in [5, 5.41) is 13.4. The normalized spacial score (nSPS) is 17.6. The predicted octanol–water partition coefficient (Wildman–Crippen LogP) is 8.68. The zero-order chi connectivity index (χ0) is 43.7. The second-order valence-electron chi connectivity index (χ2n) is 15.1. The van der Waals surface area contributed by atoms with Crippen LogP contribution in [0.3, 0.4) is 0 Å². The van der Waals surface area contributed by atoms with Crippen LogP contribution in [-0.2, 0) is 19.6 Å². The summed E-state index contributed by atoms with van der Waals surface area (Å²) in [6.45, 7) is 7.80. The largest absolute Gasteiger partial charge is 0.497 e. The molecule has 5 atom stereocenters. The summed E-state index contributed by atoms with van der Waals surface area (Å²) in [5.74, 6) is -0.337. The molecular formula is C46H51BrN5O8P. The number of nitriles is 1. The van der Waals surface area contributed by atoms with Crippen LogP contribution in [0.4, 0.5) is 5.82 Å². The van der Waals surface area contributed by atoms with E-state index in [2.05, 4.69) is 32.3 Å². The van der Waals surface area contributed by atoms with Gasteiger partial charge in [0.2, 0.25) is 0 Å². The first-order chi connectivity index (χ1) is 29.4. The minimum absolute atomic E-state index is 0.00252. The minimum Gasteiger partial charge on any atom is -0.497 e. The molecule has 6 rings (SSSR count). The van der Waals surface area contributed by atoms with Gasteiger partial charge in [-0.25, -0.2) is 9.46 Å². The maximum atomic E-state index is 13.8. The molecule has 0 saturated carbocycles. The molecule has 0 aliphatic carbocycles. The highest BCUT2D eigenvalue weighted by Gasteiger charge is 2.45. The van der Waals surface area contributed by atoms with Crippen molar-refractivity contribution >= 4 is 36.2 Å². The average molecular weight is 913 g/mol. The van der Waals surface area contributed by atoms with Crippen LogP contribution in [0.2, 0.25) is 0 Å². The van der Waals surface area contributed by atoms with E-state index in [1.165, 1.54) is 10.8 Å². The van der Waals surface area contributed by atoms with Gasteiger partial charge in [-0.15, -0.1) is 0 Å². The Morgan fingerprint density at radius 3 is 2.00 bits per heavy atom. The molecule has 0 bridgehead atoms. The summed E-state index contributed by atoms with van der Waals surface area (Å²) < 4.78 is 34.7. The molecule has 13 nitrogen and oxygen atoms in total. The van der Waals surface area contributed by atoms with Crippen LogP contribution in [0.15, 0.2) is 125 Å². The van der Waals surface area contributed by atoms with E-state index in [4.69, 9.17) is 23.5 Å². The first-order valence-corrected chi connectivity index (χ1v) is 21.9. The molecule has 1 fully saturated rings. The van der Waals surface area contributed by atoms with Gasteiger partial charge >= 0.3 is 5.69 Å². The van der Waals surface area contributed by atoms with Gasteiger partial charge in [0.05, 0.1) is 50.0 Å². The van der Waals surface area contributed by atoms with Gasteiger partial charge in [0.1, 0.15) is 23.3 Å². The lowest BCUT2D eigenvalue weighted by Gasteiger charge is -2.37. The van der Waals surface area contributed by atoms with E-state index >= 15 is 0 Å². The van der Waals surface area contributed by atoms with Crippen LogP contribution < -0.4 is 20.5 Å². The van der Waals surface area contributed by atoms with E-state index in [-0.39, 0.29) is 37.5 Å². The molecule has 5 aromatic rings. The zero-order valence-electron chi connectivity index (χ0n) is 35.0. The monoisotopic (exact) mass is 911 g/mol. The Balaban J connectivity index is 1.38. The number of hydrogen-bond acceptors (Lipinski definition) is 11. The van der Waals surface area contributed by atoms with Crippen LogP contribution >= 0.6 is 24.5 Å². The van der Waals surface area contributed by atoms with Gasteiger partial charge in [-0.1, -0.05) is 72.8 Å². The smallest absolute Gasteiger partial charge is 0.351 e. The molecule has 2 heterocycles. The fourth-order valence-electron chi connectivity index (χ4n) is 7.76. The number of amides is 1. The highest BCUT2D eigenvalue weighted by Crippen LogP contribution is 2.46. The predicted molar refractivity (Wildman–Crippen MR) is 237 cm³/mol. The summed E-state index contributed by atoms with van der Waals surface area (Å²) >= 11 is 3.50. The van der Waals surface area contributed by atoms with Gasteiger partial charge < -0.3 is 33.7 Å². The van der Waals surface area contributed by atoms with Gasteiger partial charge in [-0.3, -0.25) is 9.36 Å². The molecule has 15 heteroatoms. The van der Waals surface area contributed by atoms with E-state index in [1.54, 1.807) is 44.6 Å². The molecule has 320 valence electrons. The van der Waals surface area contributed by atoms with Gasteiger partial charge in [0.15, 0.2) is 5.82 Å². The quantitative estimate of drug-likeness (QED) is 0.0641. The Bertz CT molecular complexity index is 2250. The van der Waals surface area contributed by atoms with Crippen molar-refractivity contribution in [3.8, 4) is 17.6 Å². The number of carbonyl (C=O) groups excluding carboxylic acids is 1. The molecule has 1 aliphatic heterocycles. The van der Waals surface area contributed by atoms with Crippen LogP contribution in [-0.4, -0.2) is 70.6 Å². The first-order valence-electron chi connectivity index (χ1n) is 20.0. The van der Waals surface area contributed by atoms with Crippen LogP contribution in [0, 0.1) is 23.2 Å². The summed E-state index contributed by atoms with van der Waals surface area (Å²) in [4.78, 5) is 42.2. The standard InChI is InChI=1S/C46H51BrN5O8P/c1-30(2)52(31(3)4)61(55)59-28-33(26-48)39-25-42(51-27-40(47)43(50-45(51)54)49-44(53)32-13-9-7-10-14-32)60-41(39)29-58-46(34-15-11-8-12-16-34,35-17-21-37(56-5)22-18-35)36-19-23-38(57-6)24-20-36/h7-24,27,30-31,33,39,41-42,55H,25,28-29H2,1-6H3,(H,49,50,53,54). The molecule has 4 aromatic carbocycles. The Kier molecular flexibility index (Phi) is 15.5. The lowest BCUT2D eigenvalue weighted by Crippen LogP contribution is -2.38. The summed E-state index contributed by atoms with van der Waals surface area (Å²) in [6, 6.07) is 36.2. The Hall–Kier alpha value is -4.97. The molecule has 1 aliphatic rings. The van der Waals surface area contributed by atoms with E-state index in [0.29, 0.717) is 21.5 Å². The maximum Gasteiger partial charge on any atom is 0.351 e. The molecule has 1 saturated heterocycles. The number of rotatable bonds is 18. The van der Waals surface area contributed by atoms with Crippen molar-refractivity contribution in [1.82, 2.24) is 14.2 Å². The second-order valence-corrected chi connectivity index (χ2v) is 17.2. The minimum atomic E-state index is -2.02. The third-order valence-corrected chi connectivity index (χ3v) is 13.0. The number of nitrogens with zero attached hydrogens (tertiary/aromatic N) is 4. The van der Waals surface area contributed by atoms with Crippen LogP contribution in [0.25, 0.3) is 0 Å². The Morgan fingerprint density at radius 2 is 1.48 bits per heavy atom. The highest BCUT2D eigenvalue weighted by molar-refractivity contribution is 9.10. The van der Waals surface area contributed by atoms with Gasteiger partial charge in [-0.05, 0) is 103 Å². The number of ether oxygens (including phenoxy) is 4. The topological polar surface area (TPSA) is 157 Å². The number of benzene rings is 4. The summed E-state index contributed by atoms with van der Waals surface area (Å²) in [7, 11) is 1.20. The molecule has 0 spiro atoms. The second kappa shape index (κ2) is 20.7. The molecule has 0 radical (unpaired) electrons. The third-order valence-electron chi connectivity index (χ3n) is 10.7. The average Bonchev–Trinajstić information content (AvgIpc) is 3.69. The van der Waals surface area contributed by atoms with Crippen molar-refractivity contribution in [3.05, 3.63) is 153 Å². The lowest BCUT2D eigenvalue weighted by atomic mass is 9.79. The molecule has 1 amide bonds. The number of hydrogen-bond donors (Lipinski definition) is 2. The Morgan fingerprint density at radius 1 is 0.934 bits per heavy atom. The van der Waals surface area contributed by atoms with Gasteiger partial charge in [0.25, 0.3) is 14.4 Å². The first kappa shape index (κ1) is 45.6. The van der Waals surface area contributed by atoms with Crippen LogP contribution in [0.1, 0.15) is 67.4 Å². The number of anilines is 1. The lowest BCUT2D eigenvalue weighted by molar-refractivity contribution is -0.0880.